The molecule has 6 rings (SSSR count). The van der Waals surface area contributed by atoms with E-state index in [0.717, 1.165) is 27.7 Å². The first-order chi connectivity index (χ1) is 16.9. The third-order valence-corrected chi connectivity index (χ3v) is 8.61. The van der Waals surface area contributed by atoms with Crippen molar-refractivity contribution in [2.45, 2.75) is 30.4 Å². The van der Waals surface area contributed by atoms with E-state index in [0.29, 0.717) is 30.9 Å². The Morgan fingerprint density at radius 1 is 1.06 bits per heavy atom. The van der Waals surface area contributed by atoms with Crippen LogP contribution in [-0.4, -0.2) is 50.4 Å². The summed E-state index contributed by atoms with van der Waals surface area (Å²) in [6.07, 6.45) is 3.34. The fraction of sp³-hybridized carbons (Fsp3) is 0.231. The Morgan fingerprint density at radius 2 is 1.80 bits per heavy atom. The first-order valence-electron chi connectivity index (χ1n) is 11.6. The number of rotatable bonds is 5. The average molecular weight is 488 g/mol. The normalized spacial score (nSPS) is 17.9. The fourth-order valence-corrected chi connectivity index (χ4v) is 6.51. The van der Waals surface area contributed by atoms with E-state index in [-0.39, 0.29) is 10.9 Å². The highest BCUT2D eigenvalue weighted by atomic mass is 32.2. The molecule has 0 aliphatic carbocycles. The van der Waals surface area contributed by atoms with Gasteiger partial charge in [0.2, 0.25) is 10.0 Å². The van der Waals surface area contributed by atoms with Crippen molar-refractivity contribution in [1.82, 2.24) is 23.8 Å². The summed E-state index contributed by atoms with van der Waals surface area (Å²) >= 11 is 0. The Labute approximate surface area is 202 Å². The van der Waals surface area contributed by atoms with E-state index < -0.39 is 16.1 Å². The first-order valence-corrected chi connectivity index (χ1v) is 13.0. The fourth-order valence-electron chi connectivity index (χ4n) is 5.01. The van der Waals surface area contributed by atoms with Crippen molar-refractivity contribution in [2.24, 2.45) is 0 Å². The minimum Gasteiger partial charge on any atom is -0.385 e. The van der Waals surface area contributed by atoms with Gasteiger partial charge >= 0.3 is 0 Å². The standard InChI is InChI=1S/C26H25N5O3S/c1-17(32)26-29-23-15-28-25-22(11-13-27-25)24(23)31(26)20-12-14-30(16-20)35(33,34)21-9-7-19(8-10-21)18-5-3-2-4-6-18/h2-11,13,15,17,20,32H,12,14,16H2,1H3,(H,27,28)/t17-,20?/m1/s1. The zero-order valence-electron chi connectivity index (χ0n) is 19.2. The van der Waals surface area contributed by atoms with Crippen LogP contribution in [0.4, 0.5) is 0 Å². The molecule has 9 heteroatoms. The number of nitrogens with one attached hydrogen (secondary N) is 1. The topological polar surface area (TPSA) is 104 Å². The minimum atomic E-state index is -3.66. The summed E-state index contributed by atoms with van der Waals surface area (Å²) < 4.78 is 30.5. The van der Waals surface area contributed by atoms with E-state index in [1.807, 2.05) is 59.3 Å². The highest BCUT2D eigenvalue weighted by Crippen LogP contribution is 2.35. The van der Waals surface area contributed by atoms with Gasteiger partial charge < -0.3 is 14.7 Å². The van der Waals surface area contributed by atoms with Crippen LogP contribution in [0, 0.1) is 0 Å². The van der Waals surface area contributed by atoms with Crippen LogP contribution in [0.1, 0.15) is 31.3 Å². The number of aromatic amines is 1. The maximum absolute atomic E-state index is 13.5. The van der Waals surface area contributed by atoms with Gasteiger partial charge in [-0.25, -0.2) is 18.4 Å². The summed E-state index contributed by atoms with van der Waals surface area (Å²) in [5.41, 5.74) is 4.30. The maximum atomic E-state index is 13.5. The molecule has 3 aromatic heterocycles. The molecule has 0 amide bonds. The third kappa shape index (κ3) is 3.63. The number of pyridine rings is 1. The zero-order chi connectivity index (χ0) is 24.2. The van der Waals surface area contributed by atoms with Gasteiger partial charge in [-0.1, -0.05) is 42.5 Å². The molecule has 1 saturated heterocycles. The number of H-pyrrole nitrogens is 1. The Hall–Kier alpha value is -3.53. The molecule has 2 aromatic carbocycles. The van der Waals surface area contributed by atoms with Crippen molar-refractivity contribution in [3.05, 3.63) is 78.9 Å². The molecule has 35 heavy (non-hydrogen) atoms. The zero-order valence-corrected chi connectivity index (χ0v) is 20.0. The minimum absolute atomic E-state index is 0.150. The van der Waals surface area contributed by atoms with E-state index in [4.69, 9.17) is 0 Å². The molecule has 1 aliphatic rings. The molecule has 0 radical (unpaired) electrons. The molecular weight excluding hydrogens is 462 g/mol. The summed E-state index contributed by atoms with van der Waals surface area (Å²) in [6.45, 7) is 2.38. The van der Waals surface area contributed by atoms with Gasteiger partial charge in [0, 0.05) is 24.7 Å². The molecule has 4 heterocycles. The summed E-state index contributed by atoms with van der Waals surface area (Å²) in [4.78, 5) is 12.4. The lowest BCUT2D eigenvalue weighted by atomic mass is 10.1. The van der Waals surface area contributed by atoms with E-state index in [1.54, 1.807) is 25.3 Å². The molecule has 0 spiro atoms. The number of sulfonamides is 1. The van der Waals surface area contributed by atoms with Crippen LogP contribution < -0.4 is 0 Å². The number of imidazole rings is 1. The molecule has 178 valence electrons. The van der Waals surface area contributed by atoms with Gasteiger partial charge in [-0.2, -0.15) is 4.31 Å². The second-order valence-corrected chi connectivity index (χ2v) is 10.9. The molecule has 2 atom stereocenters. The lowest BCUT2D eigenvalue weighted by Crippen LogP contribution is -2.29. The van der Waals surface area contributed by atoms with Crippen LogP contribution in [0.15, 0.2) is 78.0 Å². The number of aliphatic hydroxyl groups excluding tert-OH is 1. The van der Waals surface area contributed by atoms with Gasteiger partial charge in [-0.15, -0.1) is 0 Å². The second kappa shape index (κ2) is 8.30. The van der Waals surface area contributed by atoms with E-state index in [2.05, 4.69) is 15.0 Å². The predicted molar refractivity (Wildman–Crippen MR) is 134 cm³/mol. The number of hydrogen-bond donors (Lipinski definition) is 2. The first kappa shape index (κ1) is 22.0. The number of fused-ring (bicyclic) bond motifs is 3. The Kier molecular flexibility index (Phi) is 5.21. The van der Waals surface area contributed by atoms with Crippen LogP contribution in [0.25, 0.3) is 33.2 Å². The van der Waals surface area contributed by atoms with Gasteiger partial charge in [0.05, 0.1) is 22.7 Å². The van der Waals surface area contributed by atoms with Crippen molar-refractivity contribution < 1.29 is 13.5 Å². The molecule has 5 aromatic rings. The molecule has 2 N–H and O–H groups in total. The van der Waals surface area contributed by atoms with E-state index >= 15 is 0 Å². The summed E-state index contributed by atoms with van der Waals surface area (Å²) in [5, 5.41) is 11.4. The van der Waals surface area contributed by atoms with Crippen molar-refractivity contribution in [1.29, 1.82) is 0 Å². The number of hydrogen-bond acceptors (Lipinski definition) is 5. The van der Waals surface area contributed by atoms with E-state index in [1.165, 1.54) is 4.31 Å². The van der Waals surface area contributed by atoms with Crippen LogP contribution in [0.3, 0.4) is 0 Å². The van der Waals surface area contributed by atoms with Gasteiger partial charge in [-0.05, 0) is 42.7 Å². The third-order valence-electron chi connectivity index (χ3n) is 6.73. The lowest BCUT2D eigenvalue weighted by molar-refractivity contribution is 0.182. The predicted octanol–water partition coefficient (Wildman–Crippen LogP) is 4.27. The second-order valence-electron chi connectivity index (χ2n) is 8.94. The highest BCUT2D eigenvalue weighted by Gasteiger charge is 2.35. The van der Waals surface area contributed by atoms with Crippen molar-refractivity contribution >= 4 is 32.1 Å². The number of benzene rings is 2. The van der Waals surface area contributed by atoms with Crippen molar-refractivity contribution in [3.63, 3.8) is 0 Å². The number of aliphatic hydroxyl groups is 1. The SMILES string of the molecule is C[C@@H](O)c1nc2cnc3[nH]ccc3c2n1C1CCN(S(=O)(=O)c2ccc(-c3ccccc3)cc2)C1. The smallest absolute Gasteiger partial charge is 0.243 e. The Morgan fingerprint density at radius 3 is 2.54 bits per heavy atom. The van der Waals surface area contributed by atoms with Crippen LogP contribution in [0.2, 0.25) is 0 Å². The molecular formula is C26H25N5O3S. The molecule has 1 unspecified atom stereocenters. The van der Waals surface area contributed by atoms with Crippen molar-refractivity contribution in [2.75, 3.05) is 13.1 Å². The summed E-state index contributed by atoms with van der Waals surface area (Å²) in [6, 6.07) is 18.7. The average Bonchev–Trinajstić information content (AvgIpc) is 3.62. The molecule has 8 nitrogen and oxygen atoms in total. The molecule has 0 bridgehead atoms. The van der Waals surface area contributed by atoms with Crippen LogP contribution >= 0.6 is 0 Å². The Bertz CT molecular complexity index is 1620. The van der Waals surface area contributed by atoms with Crippen molar-refractivity contribution in [3.8, 4) is 11.1 Å². The summed E-state index contributed by atoms with van der Waals surface area (Å²) in [7, 11) is -3.66. The largest absolute Gasteiger partial charge is 0.385 e. The Balaban J connectivity index is 1.34. The molecule has 1 fully saturated rings. The van der Waals surface area contributed by atoms with E-state index in [9.17, 15) is 13.5 Å². The number of aromatic nitrogens is 4. The monoisotopic (exact) mass is 487 g/mol. The molecule has 0 saturated carbocycles. The van der Waals surface area contributed by atoms with Crippen LogP contribution in [0.5, 0.6) is 0 Å². The van der Waals surface area contributed by atoms with Gasteiger partial charge in [0.15, 0.2) is 0 Å². The molecule has 1 aliphatic heterocycles. The highest BCUT2D eigenvalue weighted by molar-refractivity contribution is 7.89. The maximum Gasteiger partial charge on any atom is 0.243 e. The van der Waals surface area contributed by atoms with Crippen LogP contribution in [-0.2, 0) is 10.0 Å². The van der Waals surface area contributed by atoms with Gasteiger partial charge in [-0.3, -0.25) is 0 Å². The number of nitrogens with zero attached hydrogens (tertiary/aromatic N) is 4. The quantitative estimate of drug-likeness (QED) is 0.385. The van der Waals surface area contributed by atoms with Gasteiger partial charge in [0.25, 0.3) is 0 Å². The summed E-state index contributed by atoms with van der Waals surface area (Å²) in [5.74, 6) is 0.520. The van der Waals surface area contributed by atoms with Gasteiger partial charge in [0.1, 0.15) is 23.1 Å². The lowest BCUT2D eigenvalue weighted by Gasteiger charge is -2.20.